The number of aryl methyl sites for hydroxylation is 1. The van der Waals surface area contributed by atoms with Crippen molar-refractivity contribution in [1.29, 1.82) is 0 Å². The Balaban J connectivity index is 2.89. The average Bonchev–Trinajstić information content (AvgIpc) is 2.64. The first-order chi connectivity index (χ1) is 12.0. The van der Waals surface area contributed by atoms with Crippen molar-refractivity contribution in [3.8, 4) is 0 Å². The first-order valence-electron chi connectivity index (χ1n) is 7.46. The van der Waals surface area contributed by atoms with Crippen LogP contribution in [-0.2, 0) is 35.0 Å². The lowest BCUT2D eigenvalue weighted by molar-refractivity contribution is -0.140. The molecule has 2 rings (SSSR count). The quantitative estimate of drug-likeness (QED) is 0.657. The van der Waals surface area contributed by atoms with Crippen molar-refractivity contribution >= 4 is 23.7 Å². The van der Waals surface area contributed by atoms with Gasteiger partial charge in [0.15, 0.2) is 0 Å². The highest BCUT2D eigenvalue weighted by Gasteiger charge is 2.34. The molecule has 1 aromatic carbocycles. The number of benzene rings is 1. The van der Waals surface area contributed by atoms with Gasteiger partial charge >= 0.3 is 17.9 Å². The number of aliphatic hydroxyl groups is 1. The first-order valence-corrected chi connectivity index (χ1v) is 7.46. The normalized spacial score (nSPS) is 14.2. The summed E-state index contributed by atoms with van der Waals surface area (Å²) < 4.78 is 14.2. The van der Waals surface area contributed by atoms with Crippen LogP contribution in [0.2, 0.25) is 0 Å². The molecule has 7 nitrogen and oxygen atoms in total. The fourth-order valence-corrected chi connectivity index (χ4v) is 2.71. The average molecular weight is 346 g/mol. The summed E-state index contributed by atoms with van der Waals surface area (Å²) in [5.74, 6) is -3.14. The number of ether oxygens (including phenoxy) is 3. The lowest BCUT2D eigenvalue weighted by Gasteiger charge is -2.20. The van der Waals surface area contributed by atoms with Gasteiger partial charge in [-0.1, -0.05) is 24.3 Å². The Hall–Kier alpha value is -3.09. The maximum absolute atomic E-state index is 12.3. The van der Waals surface area contributed by atoms with Crippen molar-refractivity contribution < 1.29 is 33.7 Å². The minimum atomic E-state index is -0.962. The molecule has 132 valence electrons. The second-order valence-corrected chi connectivity index (χ2v) is 5.21. The molecule has 0 bridgehead atoms. The van der Waals surface area contributed by atoms with Gasteiger partial charge in [0, 0.05) is 5.56 Å². The molecule has 0 radical (unpaired) electrons. The Morgan fingerprint density at radius 2 is 1.40 bits per heavy atom. The largest absolute Gasteiger partial charge is 0.506 e. The number of carbonyl (C=O) groups is 3. The van der Waals surface area contributed by atoms with Gasteiger partial charge in [0.1, 0.15) is 11.3 Å². The van der Waals surface area contributed by atoms with Crippen molar-refractivity contribution in [2.45, 2.75) is 12.8 Å². The summed E-state index contributed by atoms with van der Waals surface area (Å²) in [6.07, 6.45) is 0.488. The summed E-state index contributed by atoms with van der Waals surface area (Å²) in [5, 5.41) is 10.7. The third-order valence-electron chi connectivity index (χ3n) is 3.92. The monoisotopic (exact) mass is 346 g/mol. The molecular formula is C18H18O7. The van der Waals surface area contributed by atoms with E-state index in [1.165, 1.54) is 7.11 Å². The maximum Gasteiger partial charge on any atom is 0.342 e. The van der Waals surface area contributed by atoms with Crippen LogP contribution < -0.4 is 0 Å². The number of methoxy groups -OCH3 is 3. The molecule has 25 heavy (non-hydrogen) atoms. The molecule has 0 atom stereocenters. The van der Waals surface area contributed by atoms with Gasteiger partial charge < -0.3 is 19.3 Å². The number of hydrogen-bond acceptors (Lipinski definition) is 7. The predicted octanol–water partition coefficient (Wildman–Crippen LogP) is 1.72. The van der Waals surface area contributed by atoms with Crippen LogP contribution >= 0.6 is 0 Å². The van der Waals surface area contributed by atoms with Crippen LogP contribution in [0, 0.1) is 0 Å². The van der Waals surface area contributed by atoms with Gasteiger partial charge in [-0.25, -0.2) is 14.4 Å². The second-order valence-electron chi connectivity index (χ2n) is 5.21. The molecule has 0 fully saturated rings. The third kappa shape index (κ3) is 3.40. The summed E-state index contributed by atoms with van der Waals surface area (Å²) in [5.41, 5.74) is 0.255. The first kappa shape index (κ1) is 18.3. The van der Waals surface area contributed by atoms with Gasteiger partial charge in [-0.15, -0.1) is 0 Å². The number of esters is 3. The number of carbonyl (C=O) groups excluding carboxylic acids is 3. The van der Waals surface area contributed by atoms with E-state index in [2.05, 4.69) is 0 Å². The maximum atomic E-state index is 12.3. The van der Waals surface area contributed by atoms with Crippen LogP contribution in [0.5, 0.6) is 0 Å². The van der Waals surface area contributed by atoms with Crippen molar-refractivity contribution in [1.82, 2.24) is 0 Å². The van der Waals surface area contributed by atoms with E-state index >= 15 is 0 Å². The van der Waals surface area contributed by atoms with Gasteiger partial charge in [0.25, 0.3) is 0 Å². The highest BCUT2D eigenvalue weighted by atomic mass is 16.5. The fraction of sp³-hybridized carbons (Fsp3) is 0.278. The van der Waals surface area contributed by atoms with Crippen LogP contribution in [0.25, 0.3) is 5.76 Å². The Bertz CT molecular complexity index is 786. The highest BCUT2D eigenvalue weighted by Crippen LogP contribution is 2.33. The van der Waals surface area contributed by atoms with Crippen molar-refractivity contribution in [3.63, 3.8) is 0 Å². The Morgan fingerprint density at radius 1 is 0.840 bits per heavy atom. The van der Waals surface area contributed by atoms with Gasteiger partial charge in [0.2, 0.25) is 0 Å². The van der Waals surface area contributed by atoms with E-state index in [4.69, 9.17) is 14.2 Å². The third-order valence-corrected chi connectivity index (χ3v) is 3.92. The molecule has 1 aromatic rings. The molecule has 7 heteroatoms. The van der Waals surface area contributed by atoms with E-state index in [9.17, 15) is 19.5 Å². The van der Waals surface area contributed by atoms with E-state index in [0.29, 0.717) is 17.5 Å². The van der Waals surface area contributed by atoms with Crippen molar-refractivity contribution in [2.75, 3.05) is 21.3 Å². The number of rotatable bonds is 3. The molecule has 0 amide bonds. The Kier molecular flexibility index (Phi) is 5.59. The van der Waals surface area contributed by atoms with E-state index in [-0.39, 0.29) is 17.6 Å². The molecule has 0 unspecified atom stereocenters. The SMILES string of the molecule is COC(=O)C1=C(C(=O)OC)C(C(=O)OC)=C(O)c2ccccc2CC1. The van der Waals surface area contributed by atoms with Gasteiger partial charge in [0.05, 0.1) is 32.5 Å². The second kappa shape index (κ2) is 7.65. The highest BCUT2D eigenvalue weighted by molar-refractivity contribution is 6.15. The summed E-state index contributed by atoms with van der Waals surface area (Å²) in [6.45, 7) is 0. The van der Waals surface area contributed by atoms with Crippen LogP contribution in [-0.4, -0.2) is 44.3 Å². The summed E-state index contributed by atoms with van der Waals surface area (Å²) in [6, 6.07) is 6.84. The van der Waals surface area contributed by atoms with Crippen LogP contribution in [0.1, 0.15) is 17.5 Å². The molecule has 0 saturated carbocycles. The molecule has 0 heterocycles. The molecular weight excluding hydrogens is 328 g/mol. The predicted molar refractivity (Wildman–Crippen MR) is 87.4 cm³/mol. The number of fused-ring (bicyclic) bond motifs is 1. The Labute approximate surface area is 144 Å². The minimum Gasteiger partial charge on any atom is -0.506 e. The summed E-state index contributed by atoms with van der Waals surface area (Å²) in [4.78, 5) is 36.8. The fourth-order valence-electron chi connectivity index (χ4n) is 2.71. The molecule has 1 N–H and O–H groups in total. The zero-order chi connectivity index (χ0) is 18.6. The molecule has 1 aliphatic rings. The van der Waals surface area contributed by atoms with E-state index < -0.39 is 29.2 Å². The lowest BCUT2D eigenvalue weighted by Crippen LogP contribution is -2.23. The van der Waals surface area contributed by atoms with E-state index in [1.54, 1.807) is 24.3 Å². The summed E-state index contributed by atoms with van der Waals surface area (Å²) in [7, 11) is 3.39. The molecule has 0 spiro atoms. The zero-order valence-electron chi connectivity index (χ0n) is 14.1. The van der Waals surface area contributed by atoms with Crippen LogP contribution in [0.3, 0.4) is 0 Å². The van der Waals surface area contributed by atoms with Gasteiger partial charge in [-0.3, -0.25) is 0 Å². The molecule has 0 aromatic heterocycles. The molecule has 1 aliphatic carbocycles. The van der Waals surface area contributed by atoms with Crippen molar-refractivity contribution in [3.05, 3.63) is 52.1 Å². The van der Waals surface area contributed by atoms with Gasteiger partial charge in [-0.05, 0) is 18.4 Å². The molecule has 0 aliphatic heterocycles. The zero-order valence-corrected chi connectivity index (χ0v) is 14.1. The van der Waals surface area contributed by atoms with E-state index in [0.717, 1.165) is 14.2 Å². The van der Waals surface area contributed by atoms with Crippen LogP contribution in [0.4, 0.5) is 0 Å². The Morgan fingerprint density at radius 3 is 2.00 bits per heavy atom. The van der Waals surface area contributed by atoms with E-state index in [1.807, 2.05) is 0 Å². The number of hydrogen-bond donors (Lipinski definition) is 1. The van der Waals surface area contributed by atoms with Crippen molar-refractivity contribution in [2.24, 2.45) is 0 Å². The standard InChI is InChI=1S/C18H18O7/c1-23-16(20)12-9-8-10-6-4-5-7-11(10)15(19)14(18(22)25-3)13(12)17(21)24-2/h4-7,19H,8-9H2,1-3H3. The summed E-state index contributed by atoms with van der Waals surface area (Å²) >= 11 is 0. The van der Waals surface area contributed by atoms with Crippen LogP contribution in [0.15, 0.2) is 41.0 Å². The lowest BCUT2D eigenvalue weighted by atomic mass is 9.87. The topological polar surface area (TPSA) is 99.1 Å². The van der Waals surface area contributed by atoms with Gasteiger partial charge in [-0.2, -0.15) is 0 Å². The number of aliphatic hydroxyl groups excluding tert-OH is 1. The molecule has 0 saturated heterocycles. The smallest absolute Gasteiger partial charge is 0.342 e. The minimum absolute atomic E-state index is 0.0594.